The van der Waals surface area contributed by atoms with E-state index in [-0.39, 0.29) is 0 Å². The van der Waals surface area contributed by atoms with Crippen molar-refractivity contribution in [3.8, 4) is 22.6 Å². The van der Waals surface area contributed by atoms with E-state index in [1.807, 2.05) is 48.5 Å². The lowest BCUT2D eigenvalue weighted by atomic mass is 10.0. The molecule has 0 aliphatic carbocycles. The van der Waals surface area contributed by atoms with Crippen LogP contribution >= 0.6 is 0 Å². The van der Waals surface area contributed by atoms with Crippen molar-refractivity contribution in [2.75, 3.05) is 4.90 Å². The molecule has 0 unspecified atom stereocenters. The smallest absolute Gasteiger partial charge is 0.228 e. The van der Waals surface area contributed by atoms with Gasteiger partial charge in [-0.2, -0.15) is 0 Å². The zero-order valence-electron chi connectivity index (χ0n) is 27.8. The van der Waals surface area contributed by atoms with Crippen LogP contribution in [-0.4, -0.2) is 4.98 Å². The van der Waals surface area contributed by atoms with Crippen LogP contribution in [0.3, 0.4) is 0 Å². The molecule has 0 spiro atoms. The summed E-state index contributed by atoms with van der Waals surface area (Å²) < 4.78 is 19.4. The molecule has 0 amide bonds. The third-order valence-electron chi connectivity index (χ3n) is 10.1. The van der Waals surface area contributed by atoms with Crippen LogP contribution in [0.2, 0.25) is 0 Å². The van der Waals surface area contributed by atoms with Crippen LogP contribution in [0.4, 0.5) is 17.1 Å². The molecule has 0 aliphatic heterocycles. The molecule has 0 atom stereocenters. The number of para-hydroxylation sites is 1. The molecule has 244 valence electrons. The maximum atomic E-state index is 6.64. The Bertz CT molecular complexity index is 3100. The highest BCUT2D eigenvalue weighted by Gasteiger charge is 2.22. The van der Waals surface area contributed by atoms with Gasteiger partial charge in [0.2, 0.25) is 5.89 Å². The number of oxazole rings is 1. The molecule has 0 radical (unpaired) electrons. The van der Waals surface area contributed by atoms with E-state index in [1.165, 1.54) is 0 Å². The zero-order chi connectivity index (χ0) is 34.2. The Kier molecular flexibility index (Phi) is 6.18. The molecule has 0 saturated carbocycles. The maximum Gasteiger partial charge on any atom is 0.228 e. The average molecular weight is 669 g/mol. The number of anilines is 3. The lowest BCUT2D eigenvalue weighted by Gasteiger charge is -2.26. The van der Waals surface area contributed by atoms with Crippen LogP contribution in [0.15, 0.2) is 183 Å². The molecule has 3 heterocycles. The van der Waals surface area contributed by atoms with Crippen LogP contribution in [0, 0.1) is 0 Å². The topological polar surface area (TPSA) is 55.6 Å². The van der Waals surface area contributed by atoms with Gasteiger partial charge in [0.05, 0.1) is 11.1 Å². The van der Waals surface area contributed by atoms with E-state index < -0.39 is 0 Å². The van der Waals surface area contributed by atoms with Gasteiger partial charge in [-0.3, -0.25) is 0 Å². The Morgan fingerprint density at radius 1 is 0.404 bits per heavy atom. The highest BCUT2D eigenvalue weighted by molar-refractivity contribution is 6.15. The molecule has 52 heavy (non-hydrogen) atoms. The summed E-state index contributed by atoms with van der Waals surface area (Å²) >= 11 is 0. The molecule has 11 aromatic rings. The van der Waals surface area contributed by atoms with Gasteiger partial charge in [0.25, 0.3) is 0 Å². The van der Waals surface area contributed by atoms with Gasteiger partial charge in [-0.05, 0) is 88.6 Å². The van der Waals surface area contributed by atoms with E-state index in [2.05, 4.69) is 126 Å². The highest BCUT2D eigenvalue weighted by atomic mass is 16.4. The number of benzene rings is 8. The fourth-order valence-electron chi connectivity index (χ4n) is 7.68. The summed E-state index contributed by atoms with van der Waals surface area (Å²) in [5.74, 6) is 0.570. The Morgan fingerprint density at radius 2 is 1.08 bits per heavy atom. The molecule has 5 nitrogen and oxygen atoms in total. The number of hydrogen-bond acceptors (Lipinski definition) is 5. The standard InChI is InChI=1S/C47H28N2O3/c1-2-11-29(12-3-1)30-15-8-16-33(25-30)49(39-19-10-22-42-46(39)35-17-6-7-20-40(35)50-42)34-23-24-36-43(28-34)51-41-21-9-18-37(45(36)41)47-48-38-26-31-13-4-5-14-32(31)27-44(38)52-47/h1-28H. The number of aromatic nitrogens is 1. The Labute approximate surface area is 297 Å². The normalized spacial score (nSPS) is 11.8. The summed E-state index contributed by atoms with van der Waals surface area (Å²) in [6, 6.07) is 58.6. The van der Waals surface area contributed by atoms with Crippen molar-refractivity contribution in [2.24, 2.45) is 0 Å². The number of fused-ring (bicyclic) bond motifs is 8. The van der Waals surface area contributed by atoms with E-state index in [0.29, 0.717) is 5.89 Å². The molecule has 0 saturated heterocycles. The molecule has 0 N–H and O–H groups in total. The molecule has 0 fully saturated rings. The predicted molar refractivity (Wildman–Crippen MR) is 212 cm³/mol. The minimum atomic E-state index is 0.570. The van der Waals surface area contributed by atoms with Crippen molar-refractivity contribution in [3.63, 3.8) is 0 Å². The fourth-order valence-corrected chi connectivity index (χ4v) is 7.68. The molecular formula is C47H28N2O3. The Hall–Kier alpha value is -7.11. The van der Waals surface area contributed by atoms with Gasteiger partial charge in [0, 0.05) is 39.2 Å². The second-order valence-corrected chi connectivity index (χ2v) is 13.1. The average Bonchev–Trinajstić information content (AvgIpc) is 3.90. The predicted octanol–water partition coefficient (Wildman–Crippen LogP) is 13.6. The third-order valence-corrected chi connectivity index (χ3v) is 10.1. The van der Waals surface area contributed by atoms with Crippen molar-refractivity contribution in [2.45, 2.75) is 0 Å². The third kappa shape index (κ3) is 4.46. The summed E-state index contributed by atoms with van der Waals surface area (Å²) in [6.07, 6.45) is 0. The SMILES string of the molecule is c1ccc(-c2cccc(N(c3ccc4c(c3)oc3cccc(-c5nc6cc7ccccc7cc6o5)c34)c3cccc4oc5ccccc5c34)c2)cc1. The number of hydrogen-bond donors (Lipinski definition) is 0. The molecule has 8 aromatic carbocycles. The van der Waals surface area contributed by atoms with Crippen LogP contribution in [0.1, 0.15) is 0 Å². The minimum Gasteiger partial charge on any atom is -0.456 e. The first-order valence-corrected chi connectivity index (χ1v) is 17.4. The minimum absolute atomic E-state index is 0.570. The van der Waals surface area contributed by atoms with Gasteiger partial charge in [0.15, 0.2) is 5.58 Å². The molecular weight excluding hydrogens is 641 g/mol. The van der Waals surface area contributed by atoms with Crippen LogP contribution in [0.5, 0.6) is 0 Å². The summed E-state index contributed by atoms with van der Waals surface area (Å²) in [5, 5.41) is 6.34. The Morgan fingerprint density at radius 3 is 1.98 bits per heavy atom. The van der Waals surface area contributed by atoms with Crippen molar-refractivity contribution in [1.82, 2.24) is 4.98 Å². The number of furan rings is 2. The lowest BCUT2D eigenvalue weighted by molar-refractivity contribution is 0.620. The summed E-state index contributed by atoms with van der Waals surface area (Å²) in [6.45, 7) is 0. The van der Waals surface area contributed by atoms with Crippen molar-refractivity contribution in [3.05, 3.63) is 170 Å². The molecule has 0 aliphatic rings. The largest absolute Gasteiger partial charge is 0.456 e. The van der Waals surface area contributed by atoms with E-state index in [1.54, 1.807) is 0 Å². The first-order chi connectivity index (χ1) is 25.7. The fraction of sp³-hybridized carbons (Fsp3) is 0. The van der Waals surface area contributed by atoms with Crippen molar-refractivity contribution in [1.29, 1.82) is 0 Å². The molecule has 11 rings (SSSR count). The van der Waals surface area contributed by atoms with Crippen molar-refractivity contribution >= 4 is 82.8 Å². The van der Waals surface area contributed by atoms with Crippen LogP contribution in [-0.2, 0) is 0 Å². The second-order valence-electron chi connectivity index (χ2n) is 13.1. The van der Waals surface area contributed by atoms with Gasteiger partial charge >= 0.3 is 0 Å². The Balaban J connectivity index is 1.11. The van der Waals surface area contributed by atoms with Gasteiger partial charge in [-0.1, -0.05) is 97.1 Å². The van der Waals surface area contributed by atoms with Crippen molar-refractivity contribution < 1.29 is 13.3 Å². The summed E-state index contributed by atoms with van der Waals surface area (Å²) in [7, 11) is 0. The lowest BCUT2D eigenvalue weighted by Crippen LogP contribution is -2.10. The summed E-state index contributed by atoms with van der Waals surface area (Å²) in [4.78, 5) is 7.25. The number of nitrogens with zero attached hydrogens (tertiary/aromatic N) is 2. The van der Waals surface area contributed by atoms with Gasteiger partial charge < -0.3 is 18.2 Å². The van der Waals surface area contributed by atoms with E-state index in [9.17, 15) is 0 Å². The monoisotopic (exact) mass is 668 g/mol. The summed E-state index contributed by atoms with van der Waals surface area (Å²) in [5.41, 5.74) is 11.0. The molecule has 3 aromatic heterocycles. The maximum absolute atomic E-state index is 6.64. The van der Waals surface area contributed by atoms with Gasteiger partial charge in [0.1, 0.15) is 27.8 Å². The van der Waals surface area contributed by atoms with E-state index in [0.717, 1.165) is 99.5 Å². The van der Waals surface area contributed by atoms with Crippen LogP contribution < -0.4 is 4.90 Å². The van der Waals surface area contributed by atoms with Gasteiger partial charge in [-0.15, -0.1) is 0 Å². The van der Waals surface area contributed by atoms with Gasteiger partial charge in [-0.25, -0.2) is 4.98 Å². The quantitative estimate of drug-likeness (QED) is 0.183. The van der Waals surface area contributed by atoms with Crippen LogP contribution in [0.25, 0.3) is 88.3 Å². The van der Waals surface area contributed by atoms with E-state index >= 15 is 0 Å². The highest BCUT2D eigenvalue weighted by Crippen LogP contribution is 2.45. The number of rotatable bonds is 5. The first-order valence-electron chi connectivity index (χ1n) is 17.4. The zero-order valence-corrected chi connectivity index (χ0v) is 27.8. The molecule has 0 bridgehead atoms. The molecule has 5 heteroatoms. The first kappa shape index (κ1) is 28.7. The second kappa shape index (κ2) is 11.2. The van der Waals surface area contributed by atoms with E-state index in [4.69, 9.17) is 18.2 Å².